The van der Waals surface area contributed by atoms with E-state index in [0.717, 1.165) is 132 Å². The molecule has 24 aromatic rings. The van der Waals surface area contributed by atoms with E-state index in [9.17, 15) is 0 Å². The molecule has 0 unspecified atom stereocenters. The Morgan fingerprint density at radius 3 is 0.883 bits per heavy atom. The topological polar surface area (TPSA) is 87.2 Å². The van der Waals surface area contributed by atoms with Crippen molar-refractivity contribution in [3.63, 3.8) is 0 Å². The van der Waals surface area contributed by atoms with E-state index >= 15 is 0 Å². The van der Waals surface area contributed by atoms with Crippen LogP contribution in [-0.4, -0.2) is 39.0 Å². The van der Waals surface area contributed by atoms with Crippen LogP contribution in [0.1, 0.15) is 0 Å². The summed E-state index contributed by atoms with van der Waals surface area (Å²) in [5.74, 6) is 3.66. The van der Waals surface area contributed by atoms with Crippen molar-refractivity contribution in [1.82, 2.24) is 39.0 Å². The first-order valence-electron chi connectivity index (χ1n) is 40.8. The van der Waals surface area contributed by atoms with Crippen LogP contribution in [0.3, 0.4) is 0 Å². The number of nitrogens with zero attached hydrogens (tertiary/aromatic N) is 8. The summed E-state index contributed by atoms with van der Waals surface area (Å²) >= 11 is 0. The van der Waals surface area contributed by atoms with Gasteiger partial charge in [-0.15, -0.1) is 0 Å². The van der Waals surface area contributed by atoms with Gasteiger partial charge in [-0.25, -0.2) is 29.9 Å². The molecule has 0 saturated carbocycles. The lowest BCUT2D eigenvalue weighted by molar-refractivity contribution is 1.07. The lowest BCUT2D eigenvalue weighted by Crippen LogP contribution is -2.00. The average molecular weight is 1530 g/mol. The summed E-state index contributed by atoms with van der Waals surface area (Å²) in [4.78, 5) is 31.4. The number of hydrogen-bond acceptors (Lipinski definition) is 6. The first kappa shape index (κ1) is 68.3. The Labute approximate surface area is 690 Å². The summed E-state index contributed by atoms with van der Waals surface area (Å²) in [6, 6.07) is 149. The highest BCUT2D eigenvalue weighted by Gasteiger charge is 2.23. The minimum absolute atomic E-state index is 0.599. The number of rotatable bonds is 12. The van der Waals surface area contributed by atoms with E-state index in [1.807, 2.05) is 6.07 Å². The normalized spacial score (nSPS) is 11.8. The van der Waals surface area contributed by atoms with Crippen molar-refractivity contribution in [2.45, 2.75) is 0 Å². The van der Waals surface area contributed by atoms with Crippen molar-refractivity contribution >= 4 is 119 Å². The Kier molecular flexibility index (Phi) is 15.8. The van der Waals surface area contributed by atoms with Gasteiger partial charge in [-0.2, -0.15) is 0 Å². The maximum atomic E-state index is 5.35. The van der Waals surface area contributed by atoms with Crippen molar-refractivity contribution in [3.8, 4) is 124 Å². The van der Waals surface area contributed by atoms with Crippen LogP contribution in [0.25, 0.3) is 243 Å². The molecule has 0 aliphatic carbocycles. The quantitative estimate of drug-likeness (QED) is 0.121. The smallest absolute Gasteiger partial charge is 0.164 e. The summed E-state index contributed by atoms with van der Waals surface area (Å²) in [5, 5.41) is 21.2. The summed E-state index contributed by atoms with van der Waals surface area (Å²) < 4.78 is 4.91. The molecule has 0 fully saturated rings. The molecular weight excluding hydrogens is 1460 g/mol. The predicted molar refractivity (Wildman–Crippen MR) is 499 cm³/mol. The highest BCUT2D eigenvalue weighted by molar-refractivity contribution is 6.23. The Morgan fingerprint density at radius 1 is 0.142 bits per heavy atom. The molecule has 0 aliphatic heterocycles. The largest absolute Gasteiger partial charge is 0.309 e. The van der Waals surface area contributed by atoms with Crippen LogP contribution in [0.4, 0.5) is 0 Å². The van der Waals surface area contributed by atoms with Crippen LogP contribution >= 0.6 is 0 Å². The summed E-state index contributed by atoms with van der Waals surface area (Å²) in [5.41, 5.74) is 21.3. The summed E-state index contributed by atoms with van der Waals surface area (Å²) in [7, 11) is 0. The fourth-order valence-corrected chi connectivity index (χ4v) is 18.2. The molecule has 4 aromatic heterocycles. The molecule has 4 heterocycles. The van der Waals surface area contributed by atoms with Gasteiger partial charge in [0.1, 0.15) is 0 Å². The number of aromatic nitrogens is 8. The van der Waals surface area contributed by atoms with Gasteiger partial charge < -0.3 is 9.13 Å². The summed E-state index contributed by atoms with van der Waals surface area (Å²) in [6.45, 7) is 0. The Bertz CT molecular complexity index is 8300. The highest BCUT2D eigenvalue weighted by atomic mass is 15.0. The maximum Gasteiger partial charge on any atom is 0.164 e. The van der Waals surface area contributed by atoms with E-state index in [1.54, 1.807) is 0 Å². The molecule has 0 radical (unpaired) electrons. The van der Waals surface area contributed by atoms with Gasteiger partial charge in [0.05, 0.1) is 22.1 Å². The van der Waals surface area contributed by atoms with Crippen molar-refractivity contribution < 1.29 is 0 Å². The molecule has 0 amide bonds. The van der Waals surface area contributed by atoms with Gasteiger partial charge in [0, 0.05) is 77.1 Å². The molecular formula is C112H68N8. The van der Waals surface area contributed by atoms with Gasteiger partial charge >= 0.3 is 0 Å². The third-order valence-corrected chi connectivity index (χ3v) is 24.3. The number of fused-ring (bicyclic) bond motifs is 15. The zero-order valence-corrected chi connectivity index (χ0v) is 64.8. The SMILES string of the molecule is c1ccc(-c2ccc(-c3nc(-c4ccc(-c5ccc(-n6c7cc8cccc(-c9ccc%10ccc(-c%11nc(-c%12ccc(-c%13ccc(-n%14c%15cc%16ccccc%16cc%15c%15ccc%16ccccc%16c%15%14)cc%13)cc%12)nc(-c%12ccc%13ccccc%13c%12)n%11)cc%10c9)c8cc7c7ccc8ccccc8c76)cc5)cc4)nc(-c4ccc5ccccc5c4)n3)cc2)cc1. The molecule has 0 atom stereocenters. The lowest BCUT2D eigenvalue weighted by atomic mass is 9.94. The van der Waals surface area contributed by atoms with Crippen LogP contribution in [0, 0.1) is 0 Å². The molecule has 120 heavy (non-hydrogen) atoms. The van der Waals surface area contributed by atoms with Crippen LogP contribution in [-0.2, 0) is 0 Å². The minimum atomic E-state index is 0.599. The number of hydrogen-bond donors (Lipinski definition) is 0. The zero-order valence-electron chi connectivity index (χ0n) is 64.8. The van der Waals surface area contributed by atoms with Crippen LogP contribution in [0.15, 0.2) is 413 Å². The van der Waals surface area contributed by atoms with E-state index in [2.05, 4.69) is 416 Å². The molecule has 24 rings (SSSR count). The average Bonchev–Trinajstić information content (AvgIpc) is 1.55. The summed E-state index contributed by atoms with van der Waals surface area (Å²) in [6.07, 6.45) is 0. The van der Waals surface area contributed by atoms with Crippen molar-refractivity contribution in [1.29, 1.82) is 0 Å². The fraction of sp³-hybridized carbons (Fsp3) is 0. The van der Waals surface area contributed by atoms with E-state index in [-0.39, 0.29) is 0 Å². The molecule has 8 nitrogen and oxygen atoms in total. The van der Waals surface area contributed by atoms with Crippen LogP contribution in [0.5, 0.6) is 0 Å². The second-order valence-corrected chi connectivity index (χ2v) is 31.4. The first-order chi connectivity index (χ1) is 59.4. The number of benzene rings is 20. The molecule has 0 N–H and O–H groups in total. The standard InChI is InChI=1S/C112H68N8/c1-2-15-69(16-3-1)72-29-39-80(40-30-72)107-113-108(115-110(114-107)89-46-36-70-17-4-6-21-83(70)61-89)81-41-31-73(32-42-81)76-51-57-94(58-52-76)120-104-67-87-25-14-28-95(100(87)68-102(104)99-60-54-79-20-11-13-27-97(79)106(99)120)88-45-35-77-38-48-91(64-92(77)63-88)112-117-109(116-111(118-112)90-47-37-71-18-5-7-22-84(71)62-90)82-43-33-74(34-44-82)75-49-55-93(56-50-75)119-103-66-86-24-9-8-23-85(86)65-101(103)98-59-53-78-19-10-12-26-96(78)105(98)119/h1-68H. The molecule has 0 saturated heterocycles. The molecule has 8 heteroatoms. The first-order valence-corrected chi connectivity index (χ1v) is 40.8. The van der Waals surface area contributed by atoms with E-state index < -0.39 is 0 Å². The minimum Gasteiger partial charge on any atom is -0.309 e. The van der Waals surface area contributed by atoms with Gasteiger partial charge in [-0.1, -0.05) is 340 Å². The van der Waals surface area contributed by atoms with Crippen LogP contribution in [0.2, 0.25) is 0 Å². The van der Waals surface area contributed by atoms with Gasteiger partial charge in [0.15, 0.2) is 34.9 Å². The lowest BCUT2D eigenvalue weighted by Gasteiger charge is -2.13. The Hall–Kier alpha value is -16.2. The fourth-order valence-electron chi connectivity index (χ4n) is 18.2. The highest BCUT2D eigenvalue weighted by Crippen LogP contribution is 2.45. The van der Waals surface area contributed by atoms with Gasteiger partial charge in [-0.3, -0.25) is 0 Å². The monoisotopic (exact) mass is 1520 g/mol. The van der Waals surface area contributed by atoms with Crippen LogP contribution < -0.4 is 0 Å². The second kappa shape index (κ2) is 27.8. The molecule has 0 aliphatic rings. The van der Waals surface area contributed by atoms with Crippen molar-refractivity contribution in [3.05, 3.63) is 413 Å². The third kappa shape index (κ3) is 11.8. The second-order valence-electron chi connectivity index (χ2n) is 31.4. The Balaban J connectivity index is 0.555. The van der Waals surface area contributed by atoms with E-state index in [1.165, 1.54) is 75.8 Å². The van der Waals surface area contributed by atoms with Gasteiger partial charge in [0.2, 0.25) is 0 Å². The third-order valence-electron chi connectivity index (χ3n) is 24.3. The zero-order chi connectivity index (χ0) is 78.9. The van der Waals surface area contributed by atoms with Gasteiger partial charge in [0.25, 0.3) is 0 Å². The predicted octanol–water partition coefficient (Wildman–Crippen LogP) is 29.0. The molecule has 20 aromatic carbocycles. The molecule has 556 valence electrons. The van der Waals surface area contributed by atoms with Crippen molar-refractivity contribution in [2.75, 3.05) is 0 Å². The Morgan fingerprint density at radius 2 is 0.433 bits per heavy atom. The van der Waals surface area contributed by atoms with E-state index in [0.29, 0.717) is 34.9 Å². The molecule has 0 spiro atoms. The van der Waals surface area contributed by atoms with Crippen molar-refractivity contribution in [2.24, 2.45) is 0 Å². The van der Waals surface area contributed by atoms with E-state index in [4.69, 9.17) is 29.9 Å². The maximum absolute atomic E-state index is 5.35. The van der Waals surface area contributed by atoms with Gasteiger partial charge in [-0.05, 0) is 182 Å². The molecule has 0 bridgehead atoms.